The first-order valence-corrected chi connectivity index (χ1v) is 4.18. The standard InChI is InChI=1S/C6H10INO/c7-8-4-2-1-3-6(9)5-8/h1-5H2. The monoisotopic (exact) mass is 239 g/mol. The Kier molecular flexibility index (Phi) is 2.91. The molecule has 1 fully saturated rings. The van der Waals surface area contributed by atoms with Crippen LogP contribution >= 0.6 is 22.9 Å². The summed E-state index contributed by atoms with van der Waals surface area (Å²) in [6.07, 6.45) is 3.05. The average molecular weight is 239 g/mol. The van der Waals surface area contributed by atoms with Gasteiger partial charge in [0, 0.05) is 35.8 Å². The van der Waals surface area contributed by atoms with E-state index in [4.69, 9.17) is 0 Å². The summed E-state index contributed by atoms with van der Waals surface area (Å²) in [7, 11) is 0. The first-order valence-electron chi connectivity index (χ1n) is 3.21. The zero-order chi connectivity index (χ0) is 6.69. The molecule has 0 spiro atoms. The van der Waals surface area contributed by atoms with Crippen LogP contribution in [-0.2, 0) is 4.79 Å². The summed E-state index contributed by atoms with van der Waals surface area (Å²) in [5.74, 6) is 0.391. The van der Waals surface area contributed by atoms with Gasteiger partial charge in [0.15, 0.2) is 0 Å². The van der Waals surface area contributed by atoms with Crippen LogP contribution < -0.4 is 0 Å². The fraction of sp³-hybridized carbons (Fsp3) is 0.833. The Balaban J connectivity index is 2.37. The van der Waals surface area contributed by atoms with Crippen molar-refractivity contribution >= 4 is 28.6 Å². The zero-order valence-corrected chi connectivity index (χ0v) is 7.43. The normalized spacial score (nSPS) is 23.9. The van der Waals surface area contributed by atoms with Gasteiger partial charge >= 0.3 is 0 Å². The van der Waals surface area contributed by atoms with Gasteiger partial charge in [-0.1, -0.05) is 0 Å². The molecule has 0 amide bonds. The Hall–Kier alpha value is 0.360. The minimum Gasteiger partial charge on any atom is -0.298 e. The number of Topliss-reactive ketones (excluding diaryl/α,β-unsaturated/α-hetero) is 1. The molecule has 0 N–H and O–H groups in total. The smallest absolute Gasteiger partial charge is 0.147 e. The number of rotatable bonds is 0. The summed E-state index contributed by atoms with van der Waals surface area (Å²) in [6, 6.07) is 0. The number of carbonyl (C=O) groups is 1. The van der Waals surface area contributed by atoms with Gasteiger partial charge in [-0.3, -0.25) is 4.79 Å². The number of carbonyl (C=O) groups excluding carboxylic acids is 1. The molecular weight excluding hydrogens is 229 g/mol. The first-order chi connectivity index (χ1) is 4.29. The molecule has 1 saturated heterocycles. The molecule has 0 unspecified atom stereocenters. The van der Waals surface area contributed by atoms with Crippen LogP contribution in [0.2, 0.25) is 0 Å². The molecule has 0 saturated carbocycles. The second-order valence-electron chi connectivity index (χ2n) is 2.34. The summed E-state index contributed by atoms with van der Waals surface area (Å²) in [5.41, 5.74) is 0. The SMILES string of the molecule is O=C1CCCCN(I)C1. The predicted molar refractivity (Wildman–Crippen MR) is 44.5 cm³/mol. The van der Waals surface area contributed by atoms with Crippen molar-refractivity contribution in [3.8, 4) is 0 Å². The third-order valence-corrected chi connectivity index (χ3v) is 2.28. The zero-order valence-electron chi connectivity index (χ0n) is 5.27. The molecule has 3 heteroatoms. The molecule has 0 bridgehead atoms. The maximum atomic E-state index is 10.8. The Bertz CT molecular complexity index is 116. The van der Waals surface area contributed by atoms with Crippen LogP contribution in [0.1, 0.15) is 19.3 Å². The maximum absolute atomic E-state index is 10.8. The van der Waals surface area contributed by atoms with Crippen molar-refractivity contribution < 1.29 is 4.79 Å². The minimum atomic E-state index is 0.391. The van der Waals surface area contributed by atoms with Gasteiger partial charge in [0.25, 0.3) is 0 Å². The lowest BCUT2D eigenvalue weighted by molar-refractivity contribution is -0.118. The van der Waals surface area contributed by atoms with Gasteiger partial charge in [0.2, 0.25) is 0 Å². The summed E-state index contributed by atoms with van der Waals surface area (Å²) in [5, 5.41) is 0. The van der Waals surface area contributed by atoms with Crippen molar-refractivity contribution in [1.82, 2.24) is 3.11 Å². The average Bonchev–Trinajstić information content (AvgIpc) is 1.93. The quantitative estimate of drug-likeness (QED) is 0.470. The van der Waals surface area contributed by atoms with E-state index in [1.807, 2.05) is 0 Å². The molecule has 1 aliphatic heterocycles. The molecule has 0 aromatic carbocycles. The van der Waals surface area contributed by atoms with Gasteiger partial charge in [-0.2, -0.15) is 0 Å². The van der Waals surface area contributed by atoms with E-state index in [1.54, 1.807) is 0 Å². The van der Waals surface area contributed by atoms with Crippen LogP contribution in [-0.4, -0.2) is 22.0 Å². The minimum absolute atomic E-state index is 0.391. The molecular formula is C6H10INO. The number of hydrogen-bond acceptors (Lipinski definition) is 2. The van der Waals surface area contributed by atoms with Crippen LogP contribution in [0.15, 0.2) is 0 Å². The van der Waals surface area contributed by atoms with Crippen molar-refractivity contribution in [3.63, 3.8) is 0 Å². The van der Waals surface area contributed by atoms with Crippen LogP contribution in [0.5, 0.6) is 0 Å². The molecule has 1 heterocycles. The molecule has 0 radical (unpaired) electrons. The molecule has 0 aromatic rings. The topological polar surface area (TPSA) is 20.3 Å². The second kappa shape index (κ2) is 3.51. The summed E-state index contributed by atoms with van der Waals surface area (Å²) < 4.78 is 2.06. The van der Waals surface area contributed by atoms with Gasteiger partial charge in [-0.05, 0) is 12.8 Å². The fourth-order valence-electron chi connectivity index (χ4n) is 0.955. The van der Waals surface area contributed by atoms with Crippen molar-refractivity contribution in [1.29, 1.82) is 0 Å². The molecule has 2 nitrogen and oxygen atoms in total. The number of halogens is 1. The van der Waals surface area contributed by atoms with Gasteiger partial charge < -0.3 is 0 Å². The fourth-order valence-corrected chi connectivity index (χ4v) is 1.68. The second-order valence-corrected chi connectivity index (χ2v) is 3.70. The molecule has 1 aliphatic rings. The summed E-state index contributed by atoms with van der Waals surface area (Å²) >= 11 is 2.21. The Morgan fingerprint density at radius 2 is 2.22 bits per heavy atom. The third kappa shape index (κ3) is 2.62. The lowest BCUT2D eigenvalue weighted by Gasteiger charge is -2.06. The van der Waals surface area contributed by atoms with Gasteiger partial charge in [-0.15, -0.1) is 0 Å². The number of ketones is 1. The van der Waals surface area contributed by atoms with Gasteiger partial charge in [0.1, 0.15) is 5.78 Å². The highest BCUT2D eigenvalue weighted by Gasteiger charge is 2.11. The van der Waals surface area contributed by atoms with Crippen molar-refractivity contribution in [3.05, 3.63) is 0 Å². The lowest BCUT2D eigenvalue weighted by atomic mass is 10.2. The largest absolute Gasteiger partial charge is 0.298 e. The Labute approximate surface area is 69.1 Å². The van der Waals surface area contributed by atoms with Crippen molar-refractivity contribution in [2.24, 2.45) is 0 Å². The third-order valence-electron chi connectivity index (χ3n) is 1.45. The molecule has 9 heavy (non-hydrogen) atoms. The lowest BCUT2D eigenvalue weighted by Crippen LogP contribution is -2.17. The highest BCUT2D eigenvalue weighted by molar-refractivity contribution is 14.1. The van der Waals surface area contributed by atoms with Crippen molar-refractivity contribution in [2.75, 3.05) is 13.1 Å². The van der Waals surface area contributed by atoms with Gasteiger partial charge in [0.05, 0.1) is 6.54 Å². The van der Waals surface area contributed by atoms with E-state index in [-0.39, 0.29) is 0 Å². The van der Waals surface area contributed by atoms with E-state index >= 15 is 0 Å². The first kappa shape index (κ1) is 7.47. The molecule has 0 aromatic heterocycles. The van der Waals surface area contributed by atoms with Crippen molar-refractivity contribution in [2.45, 2.75) is 19.3 Å². The van der Waals surface area contributed by atoms with Gasteiger partial charge in [-0.25, -0.2) is 3.11 Å². The van der Waals surface area contributed by atoms with Crippen LogP contribution in [0.4, 0.5) is 0 Å². The summed E-state index contributed by atoms with van der Waals surface area (Å²) in [4.78, 5) is 10.8. The van der Waals surface area contributed by atoms with E-state index in [0.29, 0.717) is 12.3 Å². The van der Waals surface area contributed by atoms with Crippen LogP contribution in [0, 0.1) is 0 Å². The molecule has 1 rings (SSSR count). The highest BCUT2D eigenvalue weighted by atomic mass is 127. The molecule has 52 valence electrons. The molecule has 0 aliphatic carbocycles. The summed E-state index contributed by atoms with van der Waals surface area (Å²) in [6.45, 7) is 1.73. The Morgan fingerprint density at radius 1 is 1.44 bits per heavy atom. The predicted octanol–water partition coefficient (Wildman–Crippen LogP) is 1.39. The van der Waals surface area contributed by atoms with Crippen LogP contribution in [0.3, 0.4) is 0 Å². The Morgan fingerprint density at radius 3 is 3.00 bits per heavy atom. The number of hydrogen-bond donors (Lipinski definition) is 0. The molecule has 0 atom stereocenters. The van der Waals surface area contributed by atoms with E-state index < -0.39 is 0 Å². The highest BCUT2D eigenvalue weighted by Crippen LogP contribution is 2.09. The maximum Gasteiger partial charge on any atom is 0.147 e. The van der Waals surface area contributed by atoms with Crippen LogP contribution in [0.25, 0.3) is 0 Å². The number of nitrogens with zero attached hydrogens (tertiary/aromatic N) is 1. The van der Waals surface area contributed by atoms with E-state index in [2.05, 4.69) is 26.0 Å². The van der Waals surface area contributed by atoms with E-state index in [9.17, 15) is 4.79 Å². The van der Waals surface area contributed by atoms with E-state index in [0.717, 1.165) is 19.4 Å². The van der Waals surface area contributed by atoms with E-state index in [1.165, 1.54) is 6.42 Å².